The Morgan fingerprint density at radius 2 is 2.30 bits per heavy atom. The summed E-state index contributed by atoms with van der Waals surface area (Å²) < 4.78 is 0. The Balaban J connectivity index is 1.59. The van der Waals surface area contributed by atoms with Gasteiger partial charge in [0.2, 0.25) is 0 Å². The first-order valence-corrected chi connectivity index (χ1v) is 9.20. The van der Waals surface area contributed by atoms with Gasteiger partial charge in [-0.2, -0.15) is 11.3 Å². The van der Waals surface area contributed by atoms with E-state index in [-0.39, 0.29) is 0 Å². The molecule has 1 saturated carbocycles. The molecule has 3 unspecified atom stereocenters. The van der Waals surface area contributed by atoms with E-state index in [9.17, 15) is 0 Å². The maximum Gasteiger partial charge on any atom is 0.0249 e. The third-order valence-corrected chi connectivity index (χ3v) is 5.99. The number of thiophene rings is 1. The molecule has 2 aliphatic rings. The van der Waals surface area contributed by atoms with Crippen molar-refractivity contribution >= 4 is 11.3 Å². The van der Waals surface area contributed by atoms with Gasteiger partial charge in [-0.15, -0.1) is 0 Å². The molecule has 2 heterocycles. The van der Waals surface area contributed by atoms with Gasteiger partial charge in [-0.1, -0.05) is 20.3 Å². The van der Waals surface area contributed by atoms with E-state index >= 15 is 0 Å². The molecule has 0 amide bonds. The standard InChI is InChI=1S/C17H28N2S/c1-3-13(2)16-11-19(8-6-14-7-9-20-12-14)17(10-18-16)15-4-5-15/h7,9,12-13,15-18H,3-6,8,10-11H2,1-2H3. The molecule has 20 heavy (non-hydrogen) atoms. The van der Waals surface area contributed by atoms with Gasteiger partial charge in [0.05, 0.1) is 0 Å². The Morgan fingerprint density at radius 3 is 2.95 bits per heavy atom. The molecule has 0 aromatic carbocycles. The number of piperazine rings is 1. The fourth-order valence-electron chi connectivity index (χ4n) is 3.43. The molecular formula is C17H28N2S. The SMILES string of the molecule is CCC(C)C1CN(CCc2ccsc2)C(C2CC2)CN1. The van der Waals surface area contributed by atoms with Crippen molar-refractivity contribution in [3.63, 3.8) is 0 Å². The van der Waals surface area contributed by atoms with Gasteiger partial charge in [0.15, 0.2) is 0 Å². The summed E-state index contributed by atoms with van der Waals surface area (Å²) >= 11 is 1.82. The van der Waals surface area contributed by atoms with Crippen LogP contribution in [0, 0.1) is 11.8 Å². The van der Waals surface area contributed by atoms with Crippen LogP contribution in [0.2, 0.25) is 0 Å². The number of nitrogens with zero attached hydrogens (tertiary/aromatic N) is 1. The number of hydrogen-bond donors (Lipinski definition) is 1. The zero-order valence-corrected chi connectivity index (χ0v) is 13.7. The summed E-state index contributed by atoms with van der Waals surface area (Å²) in [5.41, 5.74) is 1.52. The summed E-state index contributed by atoms with van der Waals surface area (Å²) in [4.78, 5) is 2.79. The van der Waals surface area contributed by atoms with Gasteiger partial charge in [-0.3, -0.25) is 4.90 Å². The third-order valence-electron chi connectivity index (χ3n) is 5.25. The van der Waals surface area contributed by atoms with Gasteiger partial charge in [0.25, 0.3) is 0 Å². The first-order valence-electron chi connectivity index (χ1n) is 8.26. The van der Waals surface area contributed by atoms with Gasteiger partial charge in [-0.05, 0) is 53.5 Å². The molecule has 3 rings (SSSR count). The van der Waals surface area contributed by atoms with Crippen LogP contribution >= 0.6 is 11.3 Å². The quantitative estimate of drug-likeness (QED) is 0.864. The number of nitrogens with one attached hydrogen (secondary N) is 1. The zero-order valence-electron chi connectivity index (χ0n) is 12.8. The van der Waals surface area contributed by atoms with E-state index in [1.807, 2.05) is 11.3 Å². The van der Waals surface area contributed by atoms with Crippen molar-refractivity contribution in [3.8, 4) is 0 Å². The van der Waals surface area contributed by atoms with Crippen LogP contribution in [0.15, 0.2) is 16.8 Å². The molecule has 0 spiro atoms. The first-order chi connectivity index (χ1) is 9.78. The van der Waals surface area contributed by atoms with Gasteiger partial charge in [0.1, 0.15) is 0 Å². The molecule has 0 radical (unpaired) electrons. The molecule has 1 aromatic rings. The number of hydrogen-bond acceptors (Lipinski definition) is 3. The van der Waals surface area contributed by atoms with E-state index < -0.39 is 0 Å². The molecule has 2 nitrogen and oxygen atoms in total. The van der Waals surface area contributed by atoms with Crippen molar-refractivity contribution < 1.29 is 0 Å². The van der Waals surface area contributed by atoms with E-state index in [1.165, 1.54) is 50.9 Å². The largest absolute Gasteiger partial charge is 0.311 e. The highest BCUT2D eigenvalue weighted by atomic mass is 32.1. The molecule has 1 N–H and O–H groups in total. The van der Waals surface area contributed by atoms with Gasteiger partial charge in [-0.25, -0.2) is 0 Å². The normalized spacial score (nSPS) is 29.5. The topological polar surface area (TPSA) is 15.3 Å². The maximum absolute atomic E-state index is 3.82. The van der Waals surface area contributed by atoms with E-state index in [1.54, 1.807) is 0 Å². The second-order valence-electron chi connectivity index (χ2n) is 6.68. The Bertz CT molecular complexity index is 399. The zero-order chi connectivity index (χ0) is 13.9. The van der Waals surface area contributed by atoms with Gasteiger partial charge in [0, 0.05) is 31.7 Å². The maximum atomic E-state index is 3.82. The van der Waals surface area contributed by atoms with Gasteiger partial charge < -0.3 is 5.32 Å². The number of rotatable bonds is 6. The van der Waals surface area contributed by atoms with Crippen molar-refractivity contribution in [2.75, 3.05) is 19.6 Å². The lowest BCUT2D eigenvalue weighted by Gasteiger charge is -2.42. The lowest BCUT2D eigenvalue weighted by molar-refractivity contribution is 0.0972. The Hall–Kier alpha value is -0.380. The van der Waals surface area contributed by atoms with Gasteiger partial charge >= 0.3 is 0 Å². The average Bonchev–Trinajstić information content (AvgIpc) is 3.20. The molecule has 3 heteroatoms. The Kier molecular flexibility index (Phi) is 4.79. The molecule has 2 fully saturated rings. The van der Waals surface area contributed by atoms with Crippen LogP contribution in [0.4, 0.5) is 0 Å². The van der Waals surface area contributed by atoms with Crippen LogP contribution in [-0.4, -0.2) is 36.6 Å². The van der Waals surface area contributed by atoms with Crippen LogP contribution in [0.3, 0.4) is 0 Å². The van der Waals surface area contributed by atoms with Crippen LogP contribution < -0.4 is 5.32 Å². The summed E-state index contributed by atoms with van der Waals surface area (Å²) in [5, 5.41) is 8.33. The van der Waals surface area contributed by atoms with E-state index in [2.05, 4.69) is 40.9 Å². The molecule has 1 aliphatic heterocycles. The van der Waals surface area contributed by atoms with Crippen LogP contribution in [-0.2, 0) is 6.42 Å². The first kappa shape index (κ1) is 14.6. The highest BCUT2D eigenvalue weighted by Gasteiger charge is 2.39. The van der Waals surface area contributed by atoms with Crippen molar-refractivity contribution in [1.82, 2.24) is 10.2 Å². The molecular weight excluding hydrogens is 264 g/mol. The summed E-state index contributed by atoms with van der Waals surface area (Å²) in [7, 11) is 0. The lowest BCUT2D eigenvalue weighted by atomic mass is 9.94. The molecule has 1 saturated heterocycles. The van der Waals surface area contributed by atoms with Crippen LogP contribution in [0.1, 0.15) is 38.7 Å². The average molecular weight is 292 g/mol. The fraction of sp³-hybridized carbons (Fsp3) is 0.765. The minimum absolute atomic E-state index is 0.692. The minimum Gasteiger partial charge on any atom is -0.311 e. The monoisotopic (exact) mass is 292 g/mol. The molecule has 3 atom stereocenters. The molecule has 112 valence electrons. The van der Waals surface area contributed by atoms with Crippen molar-refractivity contribution in [2.45, 2.75) is 51.6 Å². The van der Waals surface area contributed by atoms with Crippen molar-refractivity contribution in [2.24, 2.45) is 11.8 Å². The summed E-state index contributed by atoms with van der Waals surface area (Å²) in [6.07, 6.45) is 5.41. The lowest BCUT2D eigenvalue weighted by Crippen LogP contribution is -2.59. The highest BCUT2D eigenvalue weighted by Crippen LogP contribution is 2.36. The van der Waals surface area contributed by atoms with Crippen molar-refractivity contribution in [3.05, 3.63) is 22.4 Å². The highest BCUT2D eigenvalue weighted by molar-refractivity contribution is 7.07. The van der Waals surface area contributed by atoms with Crippen molar-refractivity contribution in [1.29, 1.82) is 0 Å². The fourth-order valence-corrected chi connectivity index (χ4v) is 4.13. The predicted molar refractivity (Wildman–Crippen MR) is 87.4 cm³/mol. The van der Waals surface area contributed by atoms with Crippen LogP contribution in [0.25, 0.3) is 0 Å². The van der Waals surface area contributed by atoms with Crippen LogP contribution in [0.5, 0.6) is 0 Å². The smallest absolute Gasteiger partial charge is 0.0249 e. The molecule has 0 bridgehead atoms. The minimum atomic E-state index is 0.692. The summed E-state index contributed by atoms with van der Waals surface area (Å²) in [5.74, 6) is 1.77. The van der Waals surface area contributed by atoms with E-state index in [0.717, 1.165) is 17.9 Å². The van der Waals surface area contributed by atoms with E-state index in [0.29, 0.717) is 6.04 Å². The predicted octanol–water partition coefficient (Wildman–Crippen LogP) is 3.39. The second-order valence-corrected chi connectivity index (χ2v) is 7.46. The third kappa shape index (κ3) is 3.44. The summed E-state index contributed by atoms with van der Waals surface area (Å²) in [6, 6.07) is 3.77. The molecule has 1 aromatic heterocycles. The Labute approximate surface area is 127 Å². The Morgan fingerprint density at radius 1 is 1.45 bits per heavy atom. The van der Waals surface area contributed by atoms with E-state index in [4.69, 9.17) is 0 Å². The summed E-state index contributed by atoms with van der Waals surface area (Å²) in [6.45, 7) is 8.41. The molecule has 1 aliphatic carbocycles. The second kappa shape index (κ2) is 6.59.